The highest BCUT2D eigenvalue weighted by Crippen LogP contribution is 2.06. The van der Waals surface area contributed by atoms with E-state index < -0.39 is 5.97 Å². The Labute approximate surface area is 82.7 Å². The van der Waals surface area contributed by atoms with E-state index in [1.165, 1.54) is 6.08 Å². The number of H-pyrrole nitrogens is 1. The highest BCUT2D eigenvalue weighted by Gasteiger charge is 2.00. The van der Waals surface area contributed by atoms with Crippen molar-refractivity contribution in [2.45, 2.75) is 20.3 Å². The summed E-state index contributed by atoms with van der Waals surface area (Å²) in [5, 5.41) is 8.40. The van der Waals surface area contributed by atoms with Crippen LogP contribution in [0.2, 0.25) is 0 Å². The molecule has 0 aromatic carbocycles. The topological polar surface area (TPSA) is 66.0 Å². The summed E-state index contributed by atoms with van der Waals surface area (Å²) < 4.78 is 0. The quantitative estimate of drug-likeness (QED) is 0.717. The SMILES string of the molecule is CC(C)Cc1cnc(/C=C/C(=O)O)[nH]1. The van der Waals surface area contributed by atoms with Gasteiger partial charge in [0, 0.05) is 18.0 Å². The van der Waals surface area contributed by atoms with Gasteiger partial charge in [0.15, 0.2) is 0 Å². The van der Waals surface area contributed by atoms with Gasteiger partial charge in [0.25, 0.3) is 0 Å². The fraction of sp³-hybridized carbons (Fsp3) is 0.400. The highest BCUT2D eigenvalue weighted by molar-refractivity contribution is 5.84. The summed E-state index contributed by atoms with van der Waals surface area (Å²) in [5.41, 5.74) is 1.03. The maximum absolute atomic E-state index is 10.2. The Morgan fingerprint density at radius 3 is 3.00 bits per heavy atom. The fourth-order valence-electron chi connectivity index (χ4n) is 1.15. The molecular weight excluding hydrogens is 180 g/mol. The van der Waals surface area contributed by atoms with Crippen LogP contribution >= 0.6 is 0 Å². The molecule has 0 fully saturated rings. The van der Waals surface area contributed by atoms with E-state index >= 15 is 0 Å². The van der Waals surface area contributed by atoms with Crippen molar-refractivity contribution >= 4 is 12.0 Å². The van der Waals surface area contributed by atoms with Crippen LogP contribution in [0.25, 0.3) is 6.08 Å². The monoisotopic (exact) mass is 194 g/mol. The van der Waals surface area contributed by atoms with Gasteiger partial charge in [0.1, 0.15) is 5.82 Å². The first-order valence-electron chi connectivity index (χ1n) is 4.53. The standard InChI is InChI=1S/C10H14N2O2/c1-7(2)5-8-6-11-9(12-8)3-4-10(13)14/h3-4,6-7H,5H2,1-2H3,(H,11,12)(H,13,14)/b4-3+. The molecule has 0 bridgehead atoms. The Balaban J connectivity index is 2.63. The molecule has 2 N–H and O–H groups in total. The van der Waals surface area contributed by atoms with Crippen molar-refractivity contribution < 1.29 is 9.90 Å². The summed E-state index contributed by atoms with van der Waals surface area (Å²) in [4.78, 5) is 17.3. The average molecular weight is 194 g/mol. The minimum Gasteiger partial charge on any atom is -0.478 e. The van der Waals surface area contributed by atoms with E-state index in [0.29, 0.717) is 11.7 Å². The number of carbonyl (C=O) groups is 1. The van der Waals surface area contributed by atoms with Gasteiger partial charge in [-0.3, -0.25) is 0 Å². The van der Waals surface area contributed by atoms with Crippen molar-refractivity contribution in [3.63, 3.8) is 0 Å². The van der Waals surface area contributed by atoms with Crippen LogP contribution in [-0.2, 0) is 11.2 Å². The zero-order chi connectivity index (χ0) is 10.6. The molecule has 0 radical (unpaired) electrons. The maximum atomic E-state index is 10.2. The molecule has 0 saturated heterocycles. The lowest BCUT2D eigenvalue weighted by molar-refractivity contribution is -0.131. The first-order chi connectivity index (χ1) is 6.58. The number of hydrogen-bond donors (Lipinski definition) is 2. The van der Waals surface area contributed by atoms with E-state index in [1.807, 2.05) is 0 Å². The number of nitrogens with zero attached hydrogens (tertiary/aromatic N) is 1. The Hall–Kier alpha value is -1.58. The number of carboxylic acids is 1. The van der Waals surface area contributed by atoms with Gasteiger partial charge in [-0.25, -0.2) is 9.78 Å². The second-order valence-corrected chi connectivity index (χ2v) is 3.56. The normalized spacial score (nSPS) is 11.4. The Morgan fingerprint density at radius 1 is 1.71 bits per heavy atom. The molecule has 1 aromatic heterocycles. The van der Waals surface area contributed by atoms with Crippen LogP contribution in [0.4, 0.5) is 0 Å². The molecule has 4 nitrogen and oxygen atoms in total. The molecule has 0 spiro atoms. The molecule has 1 aromatic rings. The average Bonchev–Trinajstić information content (AvgIpc) is 2.47. The van der Waals surface area contributed by atoms with E-state index in [0.717, 1.165) is 18.2 Å². The van der Waals surface area contributed by atoms with E-state index in [4.69, 9.17) is 5.11 Å². The highest BCUT2D eigenvalue weighted by atomic mass is 16.4. The molecule has 4 heteroatoms. The van der Waals surface area contributed by atoms with Gasteiger partial charge in [-0.2, -0.15) is 0 Å². The molecule has 0 aliphatic carbocycles. The van der Waals surface area contributed by atoms with Crippen LogP contribution in [0, 0.1) is 5.92 Å². The molecule has 0 aliphatic rings. The first-order valence-corrected chi connectivity index (χ1v) is 4.53. The second kappa shape index (κ2) is 4.60. The van der Waals surface area contributed by atoms with Crippen LogP contribution in [0.15, 0.2) is 12.3 Å². The summed E-state index contributed by atoms with van der Waals surface area (Å²) in [6.07, 6.45) is 5.18. The predicted octanol–water partition coefficient (Wildman–Crippen LogP) is 1.71. The molecule has 1 heterocycles. The van der Waals surface area contributed by atoms with Crippen molar-refractivity contribution in [2.24, 2.45) is 5.92 Å². The summed E-state index contributed by atoms with van der Waals surface area (Å²) in [6, 6.07) is 0. The number of hydrogen-bond acceptors (Lipinski definition) is 2. The van der Waals surface area contributed by atoms with Crippen LogP contribution in [0.3, 0.4) is 0 Å². The third-order valence-electron chi connectivity index (χ3n) is 1.66. The largest absolute Gasteiger partial charge is 0.478 e. The predicted molar refractivity (Wildman–Crippen MR) is 53.8 cm³/mol. The fourth-order valence-corrected chi connectivity index (χ4v) is 1.15. The van der Waals surface area contributed by atoms with E-state index in [2.05, 4.69) is 23.8 Å². The van der Waals surface area contributed by atoms with Crippen LogP contribution < -0.4 is 0 Å². The van der Waals surface area contributed by atoms with E-state index in [-0.39, 0.29) is 0 Å². The Kier molecular flexibility index (Phi) is 3.45. The number of nitrogens with one attached hydrogen (secondary N) is 1. The molecular formula is C10H14N2O2. The van der Waals surface area contributed by atoms with Crippen molar-refractivity contribution in [2.75, 3.05) is 0 Å². The smallest absolute Gasteiger partial charge is 0.328 e. The molecule has 14 heavy (non-hydrogen) atoms. The summed E-state index contributed by atoms with van der Waals surface area (Å²) in [6.45, 7) is 4.24. The Bertz CT molecular complexity index is 340. The molecule has 76 valence electrons. The van der Waals surface area contributed by atoms with Gasteiger partial charge in [-0.1, -0.05) is 13.8 Å². The van der Waals surface area contributed by atoms with Gasteiger partial charge in [0.2, 0.25) is 0 Å². The van der Waals surface area contributed by atoms with Crippen LogP contribution in [0.1, 0.15) is 25.4 Å². The van der Waals surface area contributed by atoms with Crippen LogP contribution in [-0.4, -0.2) is 21.0 Å². The summed E-state index contributed by atoms with van der Waals surface area (Å²) >= 11 is 0. The zero-order valence-electron chi connectivity index (χ0n) is 8.32. The van der Waals surface area contributed by atoms with Gasteiger partial charge in [0.05, 0.1) is 0 Å². The number of carboxylic acid groups (broad SMARTS) is 1. The third kappa shape index (κ3) is 3.43. The molecule has 0 unspecified atom stereocenters. The number of imidazole rings is 1. The molecule has 0 saturated carbocycles. The van der Waals surface area contributed by atoms with E-state index in [1.54, 1.807) is 6.20 Å². The lowest BCUT2D eigenvalue weighted by Gasteiger charge is -1.99. The van der Waals surface area contributed by atoms with Gasteiger partial charge < -0.3 is 10.1 Å². The van der Waals surface area contributed by atoms with Crippen molar-refractivity contribution in [3.05, 3.63) is 23.8 Å². The lowest BCUT2D eigenvalue weighted by atomic mass is 10.1. The van der Waals surface area contributed by atoms with Crippen LogP contribution in [0.5, 0.6) is 0 Å². The zero-order valence-corrected chi connectivity index (χ0v) is 8.32. The second-order valence-electron chi connectivity index (χ2n) is 3.56. The van der Waals surface area contributed by atoms with Gasteiger partial charge in [-0.05, 0) is 18.4 Å². The first kappa shape index (κ1) is 10.5. The van der Waals surface area contributed by atoms with Crippen molar-refractivity contribution in [1.29, 1.82) is 0 Å². The van der Waals surface area contributed by atoms with Crippen molar-refractivity contribution in [1.82, 2.24) is 9.97 Å². The Morgan fingerprint density at radius 2 is 2.43 bits per heavy atom. The summed E-state index contributed by atoms with van der Waals surface area (Å²) in [5.74, 6) is 0.182. The number of rotatable bonds is 4. The van der Waals surface area contributed by atoms with Gasteiger partial charge in [-0.15, -0.1) is 0 Å². The molecule has 0 amide bonds. The summed E-state index contributed by atoms with van der Waals surface area (Å²) in [7, 11) is 0. The lowest BCUT2D eigenvalue weighted by Crippen LogP contribution is -1.93. The molecule has 0 atom stereocenters. The molecule has 1 rings (SSSR count). The number of aromatic nitrogens is 2. The number of aromatic amines is 1. The number of aliphatic carboxylic acids is 1. The maximum Gasteiger partial charge on any atom is 0.328 e. The van der Waals surface area contributed by atoms with E-state index in [9.17, 15) is 4.79 Å². The minimum absolute atomic E-state index is 0.562. The van der Waals surface area contributed by atoms with Gasteiger partial charge >= 0.3 is 5.97 Å². The third-order valence-corrected chi connectivity index (χ3v) is 1.66. The minimum atomic E-state index is -0.966. The molecule has 0 aliphatic heterocycles. The van der Waals surface area contributed by atoms with Crippen molar-refractivity contribution in [3.8, 4) is 0 Å².